The Balaban J connectivity index is 2.29. The monoisotopic (exact) mass is 174 g/mol. The lowest BCUT2D eigenvalue weighted by molar-refractivity contribution is 0.0656. The van der Waals surface area contributed by atoms with Gasteiger partial charge < -0.3 is 10.6 Å². The number of alkyl halides is 1. The van der Waals surface area contributed by atoms with E-state index >= 15 is 0 Å². The number of likely N-dealkylation sites (tertiary alicyclic amines) is 1. The Labute approximate surface area is 73.9 Å². The van der Waals surface area contributed by atoms with Crippen LogP contribution in [0.15, 0.2) is 0 Å². The van der Waals surface area contributed by atoms with Gasteiger partial charge in [0.1, 0.15) is 5.67 Å². The van der Waals surface area contributed by atoms with Crippen LogP contribution >= 0.6 is 0 Å². The van der Waals surface area contributed by atoms with Gasteiger partial charge in [0.15, 0.2) is 0 Å². The smallest absolute Gasteiger partial charge is 0.125 e. The van der Waals surface area contributed by atoms with E-state index < -0.39 is 5.67 Å². The Morgan fingerprint density at radius 1 is 1.42 bits per heavy atom. The van der Waals surface area contributed by atoms with Crippen LogP contribution in [0.4, 0.5) is 4.39 Å². The van der Waals surface area contributed by atoms with Crippen molar-refractivity contribution in [2.75, 3.05) is 26.2 Å². The molecular formula is C9H19FN2. The molecule has 0 aromatic carbocycles. The maximum absolute atomic E-state index is 13.6. The molecule has 1 fully saturated rings. The molecule has 0 saturated carbocycles. The van der Waals surface area contributed by atoms with E-state index in [2.05, 4.69) is 11.8 Å². The Morgan fingerprint density at radius 2 is 2.00 bits per heavy atom. The fraction of sp³-hybridized carbons (Fsp3) is 1.00. The van der Waals surface area contributed by atoms with E-state index in [1.165, 1.54) is 0 Å². The van der Waals surface area contributed by atoms with E-state index in [1.807, 2.05) is 0 Å². The van der Waals surface area contributed by atoms with Crippen molar-refractivity contribution >= 4 is 0 Å². The van der Waals surface area contributed by atoms with Gasteiger partial charge in [-0.05, 0) is 25.8 Å². The van der Waals surface area contributed by atoms with Crippen LogP contribution < -0.4 is 5.73 Å². The normalized spacial score (nSPS) is 24.2. The fourth-order valence-electron chi connectivity index (χ4n) is 1.70. The molecule has 1 heterocycles. The fourth-order valence-corrected chi connectivity index (χ4v) is 1.70. The lowest BCUT2D eigenvalue weighted by Crippen LogP contribution is -2.45. The van der Waals surface area contributed by atoms with Crippen LogP contribution in [-0.2, 0) is 0 Å². The highest BCUT2D eigenvalue weighted by Crippen LogP contribution is 2.24. The molecule has 0 radical (unpaired) electrons. The summed E-state index contributed by atoms with van der Waals surface area (Å²) in [6.45, 7) is 5.19. The Kier molecular flexibility index (Phi) is 3.47. The molecular weight excluding hydrogens is 155 g/mol. The van der Waals surface area contributed by atoms with Gasteiger partial charge in [-0.15, -0.1) is 0 Å². The molecule has 1 rings (SSSR count). The minimum Gasteiger partial charge on any atom is -0.328 e. The minimum atomic E-state index is -1.07. The van der Waals surface area contributed by atoms with E-state index in [4.69, 9.17) is 5.73 Å². The second-order valence-corrected chi connectivity index (χ2v) is 3.70. The third kappa shape index (κ3) is 2.42. The average Bonchev–Trinajstić information content (AvgIpc) is 2.10. The summed E-state index contributed by atoms with van der Waals surface area (Å²) in [5.41, 5.74) is 4.30. The third-order valence-corrected chi connectivity index (χ3v) is 2.66. The zero-order chi connectivity index (χ0) is 9.03. The van der Waals surface area contributed by atoms with Gasteiger partial charge >= 0.3 is 0 Å². The zero-order valence-corrected chi connectivity index (χ0v) is 7.85. The molecule has 0 bridgehead atoms. The molecule has 12 heavy (non-hydrogen) atoms. The number of hydrogen-bond donors (Lipinski definition) is 1. The van der Waals surface area contributed by atoms with Crippen LogP contribution in [0.1, 0.15) is 26.2 Å². The largest absolute Gasteiger partial charge is 0.328 e. The summed E-state index contributed by atoms with van der Waals surface area (Å²) >= 11 is 0. The summed E-state index contributed by atoms with van der Waals surface area (Å²) in [5.74, 6) is 0. The van der Waals surface area contributed by atoms with Crippen molar-refractivity contribution in [1.29, 1.82) is 0 Å². The van der Waals surface area contributed by atoms with Gasteiger partial charge in [-0.2, -0.15) is 0 Å². The van der Waals surface area contributed by atoms with Crippen molar-refractivity contribution in [3.8, 4) is 0 Å². The molecule has 0 aromatic heterocycles. The Hall–Kier alpha value is -0.150. The number of halogens is 1. The third-order valence-electron chi connectivity index (χ3n) is 2.66. The first-order chi connectivity index (χ1) is 5.70. The van der Waals surface area contributed by atoms with Crippen molar-refractivity contribution < 1.29 is 4.39 Å². The van der Waals surface area contributed by atoms with Gasteiger partial charge in [-0.1, -0.05) is 6.92 Å². The summed E-state index contributed by atoms with van der Waals surface area (Å²) in [7, 11) is 0. The van der Waals surface area contributed by atoms with Gasteiger partial charge in [0.2, 0.25) is 0 Å². The van der Waals surface area contributed by atoms with Gasteiger partial charge in [0, 0.05) is 19.6 Å². The number of hydrogen-bond acceptors (Lipinski definition) is 2. The summed E-state index contributed by atoms with van der Waals surface area (Å²) in [6.07, 6.45) is 2.38. The maximum atomic E-state index is 13.6. The SMILES string of the molecule is CCCN1CCC(F)(CN)CC1. The van der Waals surface area contributed by atoms with Crippen LogP contribution in [0.5, 0.6) is 0 Å². The van der Waals surface area contributed by atoms with Crippen LogP contribution in [0.25, 0.3) is 0 Å². The zero-order valence-electron chi connectivity index (χ0n) is 7.85. The van der Waals surface area contributed by atoms with E-state index in [0.29, 0.717) is 12.8 Å². The predicted octanol–water partition coefficient (Wildman–Crippen LogP) is 1.16. The summed E-state index contributed by atoms with van der Waals surface area (Å²) in [6, 6.07) is 0. The number of piperidine rings is 1. The molecule has 0 aliphatic carbocycles. The maximum Gasteiger partial charge on any atom is 0.125 e. The topological polar surface area (TPSA) is 29.3 Å². The van der Waals surface area contributed by atoms with Crippen molar-refractivity contribution in [3.63, 3.8) is 0 Å². The van der Waals surface area contributed by atoms with Gasteiger partial charge in [0.05, 0.1) is 0 Å². The molecule has 2 nitrogen and oxygen atoms in total. The van der Waals surface area contributed by atoms with E-state index in [1.54, 1.807) is 0 Å². The van der Waals surface area contributed by atoms with E-state index in [0.717, 1.165) is 26.1 Å². The summed E-state index contributed by atoms with van der Waals surface area (Å²) < 4.78 is 13.6. The minimum absolute atomic E-state index is 0.187. The van der Waals surface area contributed by atoms with E-state index in [9.17, 15) is 4.39 Å². The second kappa shape index (κ2) is 4.19. The first-order valence-corrected chi connectivity index (χ1v) is 4.81. The number of rotatable bonds is 3. The molecule has 0 spiro atoms. The van der Waals surface area contributed by atoms with Crippen molar-refractivity contribution in [2.24, 2.45) is 5.73 Å². The summed E-state index contributed by atoms with van der Waals surface area (Å²) in [4.78, 5) is 2.31. The lowest BCUT2D eigenvalue weighted by atomic mass is 9.93. The Morgan fingerprint density at radius 3 is 2.42 bits per heavy atom. The van der Waals surface area contributed by atoms with Crippen LogP contribution in [-0.4, -0.2) is 36.7 Å². The highest BCUT2D eigenvalue weighted by atomic mass is 19.1. The highest BCUT2D eigenvalue weighted by Gasteiger charge is 2.32. The first-order valence-electron chi connectivity index (χ1n) is 4.81. The van der Waals surface area contributed by atoms with Crippen LogP contribution in [0.3, 0.4) is 0 Å². The molecule has 3 heteroatoms. The quantitative estimate of drug-likeness (QED) is 0.695. The molecule has 0 unspecified atom stereocenters. The Bertz CT molecular complexity index is 130. The first kappa shape index (κ1) is 9.93. The molecule has 72 valence electrons. The van der Waals surface area contributed by atoms with Crippen molar-refractivity contribution in [1.82, 2.24) is 4.90 Å². The predicted molar refractivity (Wildman–Crippen MR) is 48.9 cm³/mol. The number of nitrogens with two attached hydrogens (primary N) is 1. The molecule has 0 aromatic rings. The second-order valence-electron chi connectivity index (χ2n) is 3.70. The molecule has 0 amide bonds. The molecule has 0 atom stereocenters. The van der Waals surface area contributed by atoms with Crippen molar-refractivity contribution in [2.45, 2.75) is 31.9 Å². The van der Waals surface area contributed by atoms with Crippen LogP contribution in [0, 0.1) is 0 Å². The molecule has 2 N–H and O–H groups in total. The van der Waals surface area contributed by atoms with Crippen molar-refractivity contribution in [3.05, 3.63) is 0 Å². The molecule has 1 aliphatic rings. The standard InChI is InChI=1S/C9H19FN2/c1-2-5-12-6-3-9(10,8-11)4-7-12/h2-8,11H2,1H3. The van der Waals surface area contributed by atoms with Gasteiger partial charge in [0.25, 0.3) is 0 Å². The van der Waals surface area contributed by atoms with Gasteiger partial charge in [-0.25, -0.2) is 4.39 Å². The summed E-state index contributed by atoms with van der Waals surface area (Å²) in [5, 5.41) is 0. The van der Waals surface area contributed by atoms with Gasteiger partial charge in [-0.3, -0.25) is 0 Å². The van der Waals surface area contributed by atoms with E-state index in [-0.39, 0.29) is 6.54 Å². The van der Waals surface area contributed by atoms with Crippen LogP contribution in [0.2, 0.25) is 0 Å². The number of nitrogens with zero attached hydrogens (tertiary/aromatic N) is 1. The molecule has 1 saturated heterocycles. The lowest BCUT2D eigenvalue weighted by Gasteiger charge is -2.35. The molecule has 1 aliphatic heterocycles. The highest BCUT2D eigenvalue weighted by molar-refractivity contribution is 4.86. The average molecular weight is 174 g/mol.